The van der Waals surface area contributed by atoms with Crippen LogP contribution in [0.5, 0.6) is 5.75 Å². The van der Waals surface area contributed by atoms with Crippen LogP contribution in [0, 0.1) is 0 Å². The number of ether oxygens (including phenoxy) is 1. The van der Waals surface area contributed by atoms with E-state index in [1.165, 1.54) is 36.3 Å². The second-order valence-corrected chi connectivity index (χ2v) is 14.0. The zero-order valence-electron chi connectivity index (χ0n) is 25.9. The second kappa shape index (κ2) is 16.1. The van der Waals surface area contributed by atoms with Crippen molar-refractivity contribution in [1.29, 1.82) is 0 Å². The SMILES string of the molecule is CC[C@@H](C)NC(=O)[C@@H](Cc1ccccc1)N(Cc1ccc(Br)cc1)C(=O)CN(c1ccc(OC)c(Cl)c1)S(=O)(=O)c1ccccc1. The molecule has 0 saturated carbocycles. The van der Waals surface area contributed by atoms with E-state index < -0.39 is 28.5 Å². The summed E-state index contributed by atoms with van der Waals surface area (Å²) >= 11 is 9.89. The van der Waals surface area contributed by atoms with Crippen LogP contribution >= 0.6 is 27.5 Å². The molecule has 0 spiro atoms. The predicted octanol–water partition coefficient (Wildman–Crippen LogP) is 6.86. The van der Waals surface area contributed by atoms with Gasteiger partial charge in [-0.05, 0) is 66.9 Å². The molecule has 46 heavy (non-hydrogen) atoms. The quantitative estimate of drug-likeness (QED) is 0.153. The standard InChI is InChI=1S/C35H37BrClN3O5S/c1-4-25(2)38-35(42)32(21-26-11-7-5-8-12-26)39(23-27-15-17-28(36)18-16-27)34(41)24-40(29-19-20-33(45-3)31(37)22-29)46(43,44)30-13-9-6-10-14-30/h5-20,22,25,32H,4,21,23-24H2,1-3H3,(H,38,42)/t25-,32-/m1/s1. The molecule has 4 aromatic carbocycles. The van der Waals surface area contributed by atoms with Crippen molar-refractivity contribution >= 4 is 55.1 Å². The number of carbonyl (C=O) groups is 2. The zero-order valence-corrected chi connectivity index (χ0v) is 29.1. The zero-order chi connectivity index (χ0) is 33.3. The van der Waals surface area contributed by atoms with Crippen molar-refractivity contribution in [3.63, 3.8) is 0 Å². The Morgan fingerprint density at radius 1 is 0.913 bits per heavy atom. The Hall–Kier alpha value is -3.86. The van der Waals surface area contributed by atoms with Crippen molar-refractivity contribution < 1.29 is 22.7 Å². The summed E-state index contributed by atoms with van der Waals surface area (Å²) < 4.78 is 35.4. The molecule has 242 valence electrons. The Morgan fingerprint density at radius 2 is 1.54 bits per heavy atom. The molecule has 11 heteroatoms. The van der Waals surface area contributed by atoms with Gasteiger partial charge in [-0.15, -0.1) is 0 Å². The minimum absolute atomic E-state index is 0.00421. The van der Waals surface area contributed by atoms with Gasteiger partial charge in [-0.25, -0.2) is 8.42 Å². The maximum absolute atomic E-state index is 14.5. The molecule has 0 aliphatic rings. The maximum Gasteiger partial charge on any atom is 0.264 e. The van der Waals surface area contributed by atoms with Crippen molar-refractivity contribution in [3.8, 4) is 5.75 Å². The van der Waals surface area contributed by atoms with Crippen molar-refractivity contribution in [2.24, 2.45) is 0 Å². The molecule has 2 atom stereocenters. The van der Waals surface area contributed by atoms with Gasteiger partial charge in [-0.2, -0.15) is 0 Å². The van der Waals surface area contributed by atoms with Gasteiger partial charge in [0, 0.05) is 23.5 Å². The highest BCUT2D eigenvalue weighted by atomic mass is 79.9. The van der Waals surface area contributed by atoms with E-state index in [2.05, 4.69) is 21.2 Å². The van der Waals surface area contributed by atoms with E-state index in [0.29, 0.717) is 12.2 Å². The van der Waals surface area contributed by atoms with Gasteiger partial charge in [0.25, 0.3) is 10.0 Å². The van der Waals surface area contributed by atoms with E-state index in [9.17, 15) is 18.0 Å². The number of hydrogen-bond acceptors (Lipinski definition) is 5. The topological polar surface area (TPSA) is 96.0 Å². The summed E-state index contributed by atoms with van der Waals surface area (Å²) in [7, 11) is -2.79. The first-order chi connectivity index (χ1) is 22.0. The predicted molar refractivity (Wildman–Crippen MR) is 185 cm³/mol. The highest BCUT2D eigenvalue weighted by molar-refractivity contribution is 9.10. The van der Waals surface area contributed by atoms with Crippen LogP contribution in [0.4, 0.5) is 5.69 Å². The third-order valence-electron chi connectivity index (χ3n) is 7.57. The van der Waals surface area contributed by atoms with Gasteiger partial charge in [0.05, 0.1) is 22.7 Å². The average molecular weight is 727 g/mol. The molecule has 0 bridgehead atoms. The van der Waals surface area contributed by atoms with Crippen molar-refractivity contribution in [2.75, 3.05) is 18.0 Å². The molecule has 1 N–H and O–H groups in total. The lowest BCUT2D eigenvalue weighted by molar-refractivity contribution is -0.140. The summed E-state index contributed by atoms with van der Waals surface area (Å²) in [5.74, 6) is -0.529. The van der Waals surface area contributed by atoms with Gasteiger partial charge in [0.1, 0.15) is 18.3 Å². The van der Waals surface area contributed by atoms with Gasteiger partial charge in [0.15, 0.2) is 0 Å². The smallest absolute Gasteiger partial charge is 0.264 e. The molecule has 0 saturated heterocycles. The fourth-order valence-electron chi connectivity index (χ4n) is 4.84. The second-order valence-electron chi connectivity index (χ2n) is 10.8. The third-order valence-corrected chi connectivity index (χ3v) is 10.2. The van der Waals surface area contributed by atoms with E-state index in [1.807, 2.05) is 68.4 Å². The van der Waals surface area contributed by atoms with Crippen LogP contribution in [-0.2, 0) is 32.6 Å². The maximum atomic E-state index is 14.5. The van der Waals surface area contributed by atoms with Crippen LogP contribution in [0.3, 0.4) is 0 Å². The first-order valence-corrected chi connectivity index (χ1v) is 17.4. The summed E-state index contributed by atoms with van der Waals surface area (Å²) in [5, 5.41) is 3.22. The number of nitrogens with zero attached hydrogens (tertiary/aromatic N) is 2. The average Bonchev–Trinajstić information content (AvgIpc) is 3.06. The normalized spacial score (nSPS) is 12.5. The molecule has 0 aliphatic carbocycles. The Balaban J connectivity index is 1.82. The largest absolute Gasteiger partial charge is 0.495 e. The van der Waals surface area contributed by atoms with Gasteiger partial charge in [-0.3, -0.25) is 13.9 Å². The lowest BCUT2D eigenvalue weighted by Crippen LogP contribution is -2.54. The number of sulfonamides is 1. The number of benzene rings is 4. The minimum atomic E-state index is -4.25. The van der Waals surface area contributed by atoms with Crippen molar-refractivity contribution in [3.05, 3.63) is 124 Å². The summed E-state index contributed by atoms with van der Waals surface area (Å²) in [6.45, 7) is 3.35. The Labute approximate surface area is 284 Å². The van der Waals surface area contributed by atoms with E-state index >= 15 is 0 Å². The van der Waals surface area contributed by atoms with E-state index in [4.69, 9.17) is 16.3 Å². The number of rotatable bonds is 14. The minimum Gasteiger partial charge on any atom is -0.495 e. The fourth-order valence-corrected chi connectivity index (χ4v) is 6.78. The van der Waals surface area contributed by atoms with Crippen LogP contribution in [0.1, 0.15) is 31.4 Å². The highest BCUT2D eigenvalue weighted by Crippen LogP contribution is 2.32. The van der Waals surface area contributed by atoms with Crippen LogP contribution in [-0.4, -0.2) is 50.9 Å². The summed E-state index contributed by atoms with van der Waals surface area (Å²) in [5.41, 5.74) is 1.81. The number of methoxy groups -OCH3 is 1. The lowest BCUT2D eigenvalue weighted by Gasteiger charge is -2.34. The number of anilines is 1. The van der Waals surface area contributed by atoms with Crippen LogP contribution in [0.15, 0.2) is 112 Å². The van der Waals surface area contributed by atoms with Crippen LogP contribution < -0.4 is 14.4 Å². The number of hydrogen-bond donors (Lipinski definition) is 1. The Morgan fingerprint density at radius 3 is 2.13 bits per heavy atom. The number of halogens is 2. The van der Waals surface area contributed by atoms with Gasteiger partial charge < -0.3 is 15.0 Å². The Kier molecular flexibility index (Phi) is 12.3. The lowest BCUT2D eigenvalue weighted by atomic mass is 10.0. The summed E-state index contributed by atoms with van der Waals surface area (Å²) in [6, 6.07) is 28.2. The van der Waals surface area contributed by atoms with E-state index in [1.54, 1.807) is 24.3 Å². The number of nitrogens with one attached hydrogen (secondary N) is 1. The number of amides is 2. The molecule has 4 rings (SSSR count). The van der Waals surface area contributed by atoms with Crippen LogP contribution in [0.2, 0.25) is 5.02 Å². The van der Waals surface area contributed by atoms with E-state index in [0.717, 1.165) is 19.9 Å². The third kappa shape index (κ3) is 8.90. The van der Waals surface area contributed by atoms with E-state index in [-0.39, 0.29) is 40.5 Å². The molecule has 0 heterocycles. The molecule has 0 aliphatic heterocycles. The fraction of sp³-hybridized carbons (Fsp3) is 0.257. The first kappa shape index (κ1) is 35.0. The molecule has 8 nitrogen and oxygen atoms in total. The number of carbonyl (C=O) groups excluding carboxylic acids is 2. The molecule has 4 aromatic rings. The molecule has 0 radical (unpaired) electrons. The Bertz CT molecular complexity index is 1720. The highest BCUT2D eigenvalue weighted by Gasteiger charge is 2.35. The molecule has 2 amide bonds. The first-order valence-electron chi connectivity index (χ1n) is 14.8. The summed E-state index contributed by atoms with van der Waals surface area (Å²) in [4.78, 5) is 29.9. The van der Waals surface area contributed by atoms with Gasteiger partial charge >= 0.3 is 0 Å². The van der Waals surface area contributed by atoms with Crippen molar-refractivity contribution in [2.45, 2.75) is 50.2 Å². The molecular formula is C35H37BrClN3O5S. The summed E-state index contributed by atoms with van der Waals surface area (Å²) in [6.07, 6.45) is 0.928. The molecule has 0 unspecified atom stereocenters. The molecule has 0 aromatic heterocycles. The molecular weight excluding hydrogens is 690 g/mol. The van der Waals surface area contributed by atoms with Gasteiger partial charge in [-0.1, -0.05) is 95.1 Å². The monoisotopic (exact) mass is 725 g/mol. The van der Waals surface area contributed by atoms with Crippen molar-refractivity contribution in [1.82, 2.24) is 10.2 Å². The van der Waals surface area contributed by atoms with Crippen LogP contribution in [0.25, 0.3) is 0 Å². The van der Waals surface area contributed by atoms with Gasteiger partial charge in [0.2, 0.25) is 11.8 Å². The molecule has 0 fully saturated rings.